The number of likely N-dealkylation sites (N-methyl/N-ethyl adjacent to an activating group) is 2. The second kappa shape index (κ2) is 7.98. The molecule has 1 saturated heterocycles. The van der Waals surface area contributed by atoms with Crippen molar-refractivity contribution in [2.24, 2.45) is 0 Å². The molecule has 2 N–H and O–H groups in total. The third kappa shape index (κ3) is 3.29. The largest absolute Gasteiger partial charge is 0.504 e. The number of rotatable bonds is 3. The second-order valence-corrected chi connectivity index (χ2v) is 10.8. The Hall–Kier alpha value is -3.04. The van der Waals surface area contributed by atoms with Crippen molar-refractivity contribution in [3.63, 3.8) is 0 Å². The van der Waals surface area contributed by atoms with Gasteiger partial charge in [0.15, 0.2) is 11.5 Å². The summed E-state index contributed by atoms with van der Waals surface area (Å²) in [4.78, 5) is 17.0. The first kappa shape index (κ1) is 24.3. The van der Waals surface area contributed by atoms with Crippen LogP contribution in [0.3, 0.4) is 0 Å². The van der Waals surface area contributed by atoms with Gasteiger partial charge in [-0.1, -0.05) is 18.2 Å². The Kier molecular flexibility index (Phi) is 5.24. The summed E-state index contributed by atoms with van der Waals surface area (Å²) in [5.41, 5.74) is -0.0981. The Morgan fingerprint density at radius 2 is 1.92 bits per heavy atom. The van der Waals surface area contributed by atoms with Crippen molar-refractivity contribution in [1.82, 2.24) is 9.80 Å². The number of phenolic OH excluding ortho intramolecular Hbond substituents is 1. The zero-order chi connectivity index (χ0) is 26.3. The number of hydrogen-bond donors (Lipinski definition) is 2. The van der Waals surface area contributed by atoms with E-state index in [4.69, 9.17) is 4.74 Å². The summed E-state index contributed by atoms with van der Waals surface area (Å²) in [6.45, 7) is 0.763. The number of hydrogen-bond acceptors (Lipinski definition) is 5. The highest BCUT2D eigenvalue weighted by Gasteiger charge is 2.73. The van der Waals surface area contributed by atoms with Crippen molar-refractivity contribution in [2.45, 2.75) is 61.1 Å². The molecule has 6 rings (SSSR count). The average molecular weight is 515 g/mol. The van der Waals surface area contributed by atoms with Crippen LogP contribution in [0.5, 0.6) is 11.5 Å². The Balaban J connectivity index is 1.31. The van der Waals surface area contributed by atoms with Gasteiger partial charge in [0, 0.05) is 24.7 Å². The van der Waals surface area contributed by atoms with E-state index in [2.05, 4.69) is 4.90 Å². The molecule has 2 heterocycles. The monoisotopic (exact) mass is 514 g/mol. The van der Waals surface area contributed by atoms with Crippen LogP contribution < -0.4 is 4.74 Å². The molecule has 6 nitrogen and oxygen atoms in total. The third-order valence-electron chi connectivity index (χ3n) is 9.20. The highest BCUT2D eigenvalue weighted by Crippen LogP contribution is 2.65. The van der Waals surface area contributed by atoms with Crippen LogP contribution in [0.1, 0.15) is 41.5 Å². The van der Waals surface area contributed by atoms with Crippen LogP contribution >= 0.6 is 0 Å². The van der Waals surface area contributed by atoms with Crippen molar-refractivity contribution in [3.8, 4) is 11.5 Å². The minimum absolute atomic E-state index is 0.0391. The smallest absolute Gasteiger partial charge is 0.416 e. The molecule has 196 valence electrons. The molecule has 2 bridgehead atoms. The molecule has 5 atom stereocenters. The molecule has 1 spiro atoms. The second-order valence-electron chi connectivity index (χ2n) is 10.8. The van der Waals surface area contributed by atoms with Gasteiger partial charge in [0.25, 0.3) is 0 Å². The summed E-state index contributed by atoms with van der Waals surface area (Å²) in [5.74, 6) is 0.144. The maximum absolute atomic E-state index is 13.2. The summed E-state index contributed by atoms with van der Waals surface area (Å²) in [5, 5.41) is 22.9. The number of alkyl halides is 3. The molecule has 1 amide bonds. The summed E-state index contributed by atoms with van der Waals surface area (Å²) in [7, 11) is 3.72. The number of likely N-dealkylation sites (tertiary alicyclic amines) is 1. The predicted octanol–water partition coefficient (Wildman–Crippen LogP) is 3.74. The molecular weight excluding hydrogens is 485 g/mol. The van der Waals surface area contributed by atoms with Crippen molar-refractivity contribution in [1.29, 1.82) is 0 Å². The summed E-state index contributed by atoms with van der Waals surface area (Å²) in [6.07, 6.45) is 0.224. The van der Waals surface area contributed by atoms with Gasteiger partial charge < -0.3 is 24.7 Å². The van der Waals surface area contributed by atoms with Gasteiger partial charge in [-0.05, 0) is 74.7 Å². The summed E-state index contributed by atoms with van der Waals surface area (Å²) < 4.78 is 45.0. The third-order valence-corrected chi connectivity index (χ3v) is 9.20. The molecule has 2 aromatic rings. The number of piperidine rings is 1. The van der Waals surface area contributed by atoms with E-state index < -0.39 is 28.9 Å². The molecule has 4 aliphatic rings. The van der Waals surface area contributed by atoms with E-state index in [0.29, 0.717) is 37.0 Å². The average Bonchev–Trinajstić information content (AvgIpc) is 3.21. The van der Waals surface area contributed by atoms with Gasteiger partial charge >= 0.3 is 6.18 Å². The Morgan fingerprint density at radius 1 is 1.19 bits per heavy atom. The topological polar surface area (TPSA) is 73.2 Å². The molecule has 2 aromatic carbocycles. The fourth-order valence-electron chi connectivity index (χ4n) is 7.36. The lowest BCUT2D eigenvalue weighted by atomic mass is 9.48. The summed E-state index contributed by atoms with van der Waals surface area (Å²) >= 11 is 0. The molecule has 1 saturated carbocycles. The zero-order valence-electron chi connectivity index (χ0n) is 20.6. The van der Waals surface area contributed by atoms with Gasteiger partial charge in [-0.15, -0.1) is 0 Å². The maximum Gasteiger partial charge on any atom is 0.416 e. The number of carbonyl (C=O) groups excluding carboxylic acids is 1. The highest BCUT2D eigenvalue weighted by atomic mass is 19.4. The molecular formula is C28H29F3N2O4. The Labute approximate surface area is 212 Å². The normalized spacial score (nSPS) is 32.2. The van der Waals surface area contributed by atoms with E-state index in [0.717, 1.165) is 29.8 Å². The number of phenols is 1. The standard InChI is InChI=1S/C28H29F3N2O4/c1-32-14-13-26-23-17-6-9-20(34)24(23)37-25(26)19(11-12-27(26,36)21(32)15-17)33(2)22(35)10-5-16-3-7-18(8-4-16)28(29,30)31/h3-10,19,21,25,34,36H,11-15H2,1-2H3/t19-,21+,25-,26-,27+/m0/s1. The molecule has 9 heteroatoms. The Bertz CT molecular complexity index is 1290. The van der Waals surface area contributed by atoms with Gasteiger partial charge in [0.2, 0.25) is 5.91 Å². The quantitative estimate of drug-likeness (QED) is 0.611. The number of ether oxygens (including phenoxy) is 1. The fraction of sp³-hybridized carbons (Fsp3) is 0.464. The number of amides is 1. The fourth-order valence-corrected chi connectivity index (χ4v) is 7.36. The maximum atomic E-state index is 13.2. The van der Waals surface area contributed by atoms with Crippen LogP contribution in [0.15, 0.2) is 42.5 Å². The van der Waals surface area contributed by atoms with Crippen LogP contribution in [0.25, 0.3) is 6.08 Å². The van der Waals surface area contributed by atoms with E-state index in [9.17, 15) is 28.2 Å². The minimum atomic E-state index is -4.42. The minimum Gasteiger partial charge on any atom is -0.504 e. The molecule has 2 aliphatic carbocycles. The van der Waals surface area contributed by atoms with Crippen LogP contribution in [-0.2, 0) is 22.8 Å². The number of nitrogens with zero attached hydrogens (tertiary/aromatic N) is 2. The van der Waals surface area contributed by atoms with Crippen LogP contribution in [-0.4, -0.2) is 70.3 Å². The summed E-state index contributed by atoms with van der Waals surface area (Å²) in [6, 6.07) is 7.74. The van der Waals surface area contributed by atoms with E-state index >= 15 is 0 Å². The molecule has 2 fully saturated rings. The van der Waals surface area contributed by atoms with Crippen LogP contribution in [0.2, 0.25) is 0 Å². The van der Waals surface area contributed by atoms with Gasteiger partial charge in [0.05, 0.1) is 22.6 Å². The molecule has 0 aromatic heterocycles. The van der Waals surface area contributed by atoms with E-state index in [-0.39, 0.29) is 23.7 Å². The zero-order valence-corrected chi connectivity index (χ0v) is 20.6. The SMILES string of the molecule is CN1CC[C@]23c4c5ccc(O)c4O[C@H]2[C@@H](N(C)C(=O)C=Cc2ccc(C(F)(F)F)cc2)CC[C@@]3(O)[C@H]1C5. The lowest BCUT2D eigenvalue weighted by Crippen LogP contribution is -2.77. The van der Waals surface area contributed by atoms with Gasteiger partial charge in [-0.25, -0.2) is 0 Å². The Morgan fingerprint density at radius 3 is 2.62 bits per heavy atom. The van der Waals surface area contributed by atoms with Crippen molar-refractivity contribution in [2.75, 3.05) is 20.6 Å². The first-order valence-electron chi connectivity index (χ1n) is 12.5. The highest BCUT2D eigenvalue weighted by molar-refractivity contribution is 5.92. The number of benzene rings is 2. The van der Waals surface area contributed by atoms with E-state index in [1.165, 1.54) is 24.3 Å². The first-order chi connectivity index (χ1) is 17.5. The van der Waals surface area contributed by atoms with Crippen LogP contribution in [0.4, 0.5) is 13.2 Å². The number of aliphatic hydroxyl groups is 1. The van der Waals surface area contributed by atoms with Gasteiger partial charge in [0.1, 0.15) is 6.10 Å². The van der Waals surface area contributed by atoms with Crippen molar-refractivity contribution in [3.05, 3.63) is 64.7 Å². The molecule has 2 aliphatic heterocycles. The van der Waals surface area contributed by atoms with Gasteiger partial charge in [-0.3, -0.25) is 4.79 Å². The lowest BCUT2D eigenvalue weighted by Gasteiger charge is -2.64. The predicted molar refractivity (Wildman–Crippen MR) is 130 cm³/mol. The number of halogens is 3. The van der Waals surface area contributed by atoms with E-state index in [1.54, 1.807) is 18.0 Å². The van der Waals surface area contributed by atoms with Crippen LogP contribution in [0, 0.1) is 0 Å². The van der Waals surface area contributed by atoms with Gasteiger partial charge in [-0.2, -0.15) is 13.2 Å². The number of carbonyl (C=O) groups is 1. The lowest BCUT2D eigenvalue weighted by molar-refractivity contribution is -0.195. The number of aromatic hydroxyl groups is 1. The van der Waals surface area contributed by atoms with Crippen molar-refractivity contribution < 1.29 is 32.9 Å². The van der Waals surface area contributed by atoms with Crippen molar-refractivity contribution >= 4 is 12.0 Å². The first-order valence-corrected chi connectivity index (χ1v) is 12.5. The molecule has 0 unspecified atom stereocenters. The molecule has 37 heavy (non-hydrogen) atoms. The molecule has 0 radical (unpaired) electrons. The van der Waals surface area contributed by atoms with E-state index in [1.807, 2.05) is 13.1 Å².